The molecule has 0 aliphatic carbocycles. The molecule has 2 fully saturated rings. The van der Waals surface area contributed by atoms with Gasteiger partial charge in [-0.25, -0.2) is 0 Å². The summed E-state index contributed by atoms with van der Waals surface area (Å²) in [6.07, 6.45) is 12.3. The van der Waals surface area contributed by atoms with Crippen LogP contribution in [0, 0.1) is 11.8 Å². The van der Waals surface area contributed by atoms with Crippen molar-refractivity contribution in [1.82, 2.24) is 0 Å². The molecule has 5 aromatic rings. The summed E-state index contributed by atoms with van der Waals surface area (Å²) < 4.78 is 26.0. The smallest absolute Gasteiger partial charge is 0.399 e. The first-order valence-corrected chi connectivity index (χ1v) is 23.4. The Balaban J connectivity index is 1.44. The van der Waals surface area contributed by atoms with Gasteiger partial charge < -0.3 is 18.6 Å². The van der Waals surface area contributed by atoms with Crippen molar-refractivity contribution in [2.24, 2.45) is 11.8 Å². The van der Waals surface area contributed by atoms with Gasteiger partial charge in [-0.05, 0) is 146 Å². The van der Waals surface area contributed by atoms with Gasteiger partial charge >= 0.3 is 14.2 Å². The van der Waals surface area contributed by atoms with Crippen LogP contribution in [0.4, 0.5) is 0 Å². The Labute approximate surface area is 363 Å². The Morgan fingerprint density at radius 3 is 1.08 bits per heavy atom. The van der Waals surface area contributed by atoms with E-state index in [1.54, 1.807) is 0 Å². The lowest BCUT2D eigenvalue weighted by atomic mass is 9.76. The normalized spacial score (nSPS) is 19.1. The topological polar surface area (TPSA) is 36.9 Å². The average Bonchev–Trinajstić information content (AvgIpc) is 3.59. The summed E-state index contributed by atoms with van der Waals surface area (Å²) in [5, 5.41) is 5.19. The van der Waals surface area contributed by atoms with Crippen LogP contribution in [0.3, 0.4) is 0 Å². The molecule has 2 aliphatic heterocycles. The molecule has 2 unspecified atom stereocenters. The third-order valence-electron chi connectivity index (χ3n) is 14.9. The minimum atomic E-state index is -0.400. The summed E-state index contributed by atoms with van der Waals surface area (Å²) in [5.74, 6) is 1.34. The van der Waals surface area contributed by atoms with Crippen molar-refractivity contribution < 1.29 is 18.6 Å². The number of hydrogen-bond donors (Lipinski definition) is 0. The van der Waals surface area contributed by atoms with Crippen LogP contribution in [0.5, 0.6) is 0 Å². The van der Waals surface area contributed by atoms with Crippen LogP contribution in [0.1, 0.15) is 146 Å². The fourth-order valence-corrected chi connectivity index (χ4v) is 9.40. The van der Waals surface area contributed by atoms with Gasteiger partial charge in [-0.2, -0.15) is 0 Å². The van der Waals surface area contributed by atoms with Gasteiger partial charge in [0.25, 0.3) is 0 Å². The summed E-state index contributed by atoms with van der Waals surface area (Å²) >= 11 is 0. The van der Waals surface area contributed by atoms with Crippen LogP contribution in [-0.4, -0.2) is 36.6 Å². The first kappa shape index (κ1) is 44.6. The van der Waals surface area contributed by atoms with E-state index in [4.69, 9.17) is 18.6 Å². The zero-order chi connectivity index (χ0) is 43.0. The summed E-state index contributed by atoms with van der Waals surface area (Å²) in [7, 11) is -0.801. The second-order valence-corrected chi connectivity index (χ2v) is 20.1. The Kier molecular flexibility index (Phi) is 13.2. The van der Waals surface area contributed by atoms with Gasteiger partial charge in [0.05, 0.1) is 22.4 Å². The molecule has 0 bridgehead atoms. The predicted octanol–water partition coefficient (Wildman–Crippen LogP) is 13.4. The SMILES string of the molecule is CCCCC(CC)Cc1cc2c(-c3ccc(B4OC(C)(C)C(C)(C)O4)cc3)c3ccccc3c(-c3ccc(B4OC(C)(C)C(C)(C)O4)cc3)c2cc1CC(CC)CCCC. The van der Waals surface area contributed by atoms with Gasteiger partial charge in [0.2, 0.25) is 0 Å². The molecule has 5 aromatic carbocycles. The number of rotatable bonds is 16. The van der Waals surface area contributed by atoms with Gasteiger partial charge in [-0.15, -0.1) is 0 Å². The molecule has 6 heteroatoms. The van der Waals surface area contributed by atoms with E-state index in [1.165, 1.54) is 106 Å². The van der Waals surface area contributed by atoms with E-state index in [-0.39, 0.29) is 0 Å². The van der Waals surface area contributed by atoms with Gasteiger partial charge in [0.1, 0.15) is 0 Å². The van der Waals surface area contributed by atoms with Crippen LogP contribution in [0.2, 0.25) is 0 Å². The second-order valence-electron chi connectivity index (χ2n) is 20.1. The fourth-order valence-electron chi connectivity index (χ4n) is 9.40. The summed E-state index contributed by atoms with van der Waals surface area (Å²) in [6.45, 7) is 26.4. The highest BCUT2D eigenvalue weighted by Crippen LogP contribution is 2.46. The first-order chi connectivity index (χ1) is 28.5. The van der Waals surface area contributed by atoms with E-state index in [2.05, 4.69) is 168 Å². The zero-order valence-corrected chi connectivity index (χ0v) is 39.1. The van der Waals surface area contributed by atoms with Gasteiger partial charge in [0.15, 0.2) is 0 Å². The lowest BCUT2D eigenvalue weighted by Gasteiger charge is -2.32. The highest BCUT2D eigenvalue weighted by molar-refractivity contribution is 6.62. The van der Waals surface area contributed by atoms with Crippen molar-refractivity contribution in [3.05, 3.63) is 96.1 Å². The molecule has 7 rings (SSSR count). The molecule has 2 atom stereocenters. The Morgan fingerprint density at radius 2 is 0.783 bits per heavy atom. The van der Waals surface area contributed by atoms with Crippen LogP contribution in [0.15, 0.2) is 84.9 Å². The van der Waals surface area contributed by atoms with Gasteiger partial charge in [0, 0.05) is 0 Å². The number of benzene rings is 5. The van der Waals surface area contributed by atoms with Gasteiger partial charge in [-0.3, -0.25) is 0 Å². The molecule has 0 spiro atoms. The summed E-state index contributed by atoms with van der Waals surface area (Å²) in [4.78, 5) is 0. The third kappa shape index (κ3) is 8.78. The number of hydrogen-bond acceptors (Lipinski definition) is 4. The molecular formula is C54H72B2O4. The van der Waals surface area contributed by atoms with Crippen LogP contribution >= 0.6 is 0 Å². The van der Waals surface area contributed by atoms with Crippen LogP contribution < -0.4 is 10.9 Å². The van der Waals surface area contributed by atoms with Crippen molar-refractivity contribution in [2.75, 3.05) is 0 Å². The molecule has 0 radical (unpaired) electrons. The monoisotopic (exact) mass is 807 g/mol. The standard InChI is InChI=1S/C54H72B2O4/c1-13-17-21-37(15-3)33-41-35-47-48(36-42(41)34-38(16-4)22-18-14-2)50(40-27-31-44(32-28-40)56-59-53(9,10)54(11,12)60-56)46-24-20-19-23-45(46)49(47)39-25-29-43(30-26-39)55-57-51(5,6)52(7,8)58-55/h19-20,23-32,35-38H,13-18,21-22,33-34H2,1-12H3. The highest BCUT2D eigenvalue weighted by atomic mass is 16.7. The molecule has 4 nitrogen and oxygen atoms in total. The minimum absolute atomic E-state index is 0.393. The molecule has 60 heavy (non-hydrogen) atoms. The second kappa shape index (κ2) is 17.8. The Morgan fingerprint density at radius 1 is 0.450 bits per heavy atom. The van der Waals surface area contributed by atoms with Crippen LogP contribution in [-0.2, 0) is 31.5 Å². The van der Waals surface area contributed by atoms with Crippen molar-refractivity contribution in [3.8, 4) is 22.3 Å². The largest absolute Gasteiger partial charge is 0.494 e. The van der Waals surface area contributed by atoms with Crippen molar-refractivity contribution in [1.29, 1.82) is 0 Å². The maximum absolute atomic E-state index is 6.49. The molecule has 2 saturated heterocycles. The Bertz CT molecular complexity index is 2060. The number of unbranched alkanes of at least 4 members (excludes halogenated alkanes) is 2. The maximum atomic E-state index is 6.49. The van der Waals surface area contributed by atoms with E-state index in [9.17, 15) is 0 Å². The molecular weight excluding hydrogens is 734 g/mol. The number of fused-ring (bicyclic) bond motifs is 2. The lowest BCUT2D eigenvalue weighted by Crippen LogP contribution is -2.41. The van der Waals surface area contributed by atoms with Crippen molar-refractivity contribution >= 4 is 46.7 Å². The minimum Gasteiger partial charge on any atom is -0.399 e. The maximum Gasteiger partial charge on any atom is 0.494 e. The quantitative estimate of drug-likeness (QED) is 0.0735. The fraction of sp³-hybridized carbons (Fsp3) is 0.519. The highest BCUT2D eigenvalue weighted by Gasteiger charge is 2.52. The van der Waals surface area contributed by atoms with Crippen molar-refractivity contribution in [3.63, 3.8) is 0 Å². The Hall–Kier alpha value is -3.41. The first-order valence-electron chi connectivity index (χ1n) is 23.4. The molecule has 2 aliphatic rings. The van der Waals surface area contributed by atoms with E-state index in [0.29, 0.717) is 11.8 Å². The van der Waals surface area contributed by atoms with E-state index < -0.39 is 36.6 Å². The molecule has 0 aromatic heterocycles. The molecule has 0 amide bonds. The van der Waals surface area contributed by atoms with E-state index >= 15 is 0 Å². The zero-order valence-electron chi connectivity index (χ0n) is 39.1. The van der Waals surface area contributed by atoms with Crippen molar-refractivity contribution in [2.45, 2.75) is 170 Å². The van der Waals surface area contributed by atoms with E-state index in [0.717, 1.165) is 23.8 Å². The molecule has 318 valence electrons. The van der Waals surface area contributed by atoms with E-state index in [1.807, 2.05) is 0 Å². The van der Waals surface area contributed by atoms with Crippen LogP contribution in [0.25, 0.3) is 43.8 Å². The average molecular weight is 807 g/mol. The molecule has 2 heterocycles. The van der Waals surface area contributed by atoms with Gasteiger partial charge in [-0.1, -0.05) is 164 Å². The summed E-state index contributed by atoms with van der Waals surface area (Å²) in [5.41, 5.74) is 8.62. The molecule has 0 saturated carbocycles. The third-order valence-corrected chi connectivity index (χ3v) is 14.9. The predicted molar refractivity (Wildman–Crippen MR) is 258 cm³/mol. The summed E-state index contributed by atoms with van der Waals surface area (Å²) in [6, 6.07) is 32.3. The lowest BCUT2D eigenvalue weighted by molar-refractivity contribution is 0.00578. The molecule has 0 N–H and O–H groups in total.